The minimum atomic E-state index is -0.552. The molecule has 57 heavy (non-hydrogen) atoms. The van der Waals surface area contributed by atoms with Crippen LogP contribution in [0.3, 0.4) is 0 Å². The summed E-state index contributed by atoms with van der Waals surface area (Å²) in [6.45, 7) is 12.8. The van der Waals surface area contributed by atoms with E-state index in [1.54, 1.807) is 36.7 Å². The highest BCUT2D eigenvalue weighted by Crippen LogP contribution is 2.43. The Kier molecular flexibility index (Phi) is 16.1. The van der Waals surface area contributed by atoms with E-state index >= 15 is 0 Å². The molecule has 2 aromatic rings. The third kappa shape index (κ3) is 10.4. The summed E-state index contributed by atoms with van der Waals surface area (Å²) in [7, 11) is 7.15. The minimum Gasteiger partial charge on any atom is -0.379 e. The zero-order valence-corrected chi connectivity index (χ0v) is 37.1. The zero-order chi connectivity index (χ0) is 41.6. The first kappa shape index (κ1) is 45.1. The first-order valence-corrected chi connectivity index (χ1v) is 22.4. The number of thiazole rings is 1. The van der Waals surface area contributed by atoms with E-state index in [1.807, 2.05) is 38.1 Å². The number of piperidine rings is 1. The number of benzene rings is 1. The summed E-state index contributed by atoms with van der Waals surface area (Å²) in [6, 6.07) is 8.21. The molecule has 1 saturated carbocycles. The van der Waals surface area contributed by atoms with E-state index in [0.29, 0.717) is 24.9 Å². The van der Waals surface area contributed by atoms with Crippen molar-refractivity contribution in [3.8, 4) is 0 Å². The minimum absolute atomic E-state index is 0.0199. The van der Waals surface area contributed by atoms with Crippen LogP contribution in [0.5, 0.6) is 0 Å². The molecule has 2 aliphatic heterocycles. The van der Waals surface area contributed by atoms with E-state index in [1.165, 1.54) is 11.1 Å². The Morgan fingerprint density at radius 3 is 2.28 bits per heavy atom. The summed E-state index contributed by atoms with van der Waals surface area (Å²) in [5, 5.41) is 2.91. The lowest BCUT2D eigenvalue weighted by molar-refractivity contribution is -0.149. The maximum atomic E-state index is 14.4. The Labute approximate surface area is 346 Å². The van der Waals surface area contributed by atoms with Crippen molar-refractivity contribution in [2.24, 2.45) is 29.6 Å². The van der Waals surface area contributed by atoms with Crippen LogP contribution in [0.15, 0.2) is 35.8 Å². The second-order valence-electron chi connectivity index (χ2n) is 17.9. The zero-order valence-electron chi connectivity index (χ0n) is 36.3. The van der Waals surface area contributed by atoms with Crippen molar-refractivity contribution in [1.82, 2.24) is 19.7 Å². The molecule has 3 aliphatic rings. The number of likely N-dealkylation sites (tertiary alicyclic amines) is 2. The SMILES string of the molecule is CC[C@H](C)[C@@H]([C@@H](CC(=O)N1CCC[C@H]1[C@H](OC)[C@@H](C)C(=O)C[C@@H](Cc1ccc(C)cc1)c1nccs1)OC)N(C)C(=O)[C@@H](CC(=O)[C@@H]1[C@H]2CC[C@@H](C2)N1C)C(C)C. The standard InChI is InChI=1S/C46H70N4O6S/c1-11-30(5)42(49(8)46(54)36(28(2)3)26-39(52)43-33-18-19-35(24-33)48(43)7)40(55-9)27-41(53)50-21-12-13-37(50)44(56-10)31(6)38(51)25-34(45-47-20-22-57-45)23-32-16-14-29(4)15-17-32/h14-17,20,22,28,30-31,33-37,40,42-44H,11-13,18-19,21,23-27H2,1-10H3/t30-,31-,33-,34+,35-,36-,37-,40+,42-,43-,44+/m0/s1. The van der Waals surface area contributed by atoms with Crippen molar-refractivity contribution in [2.75, 3.05) is 34.9 Å². The van der Waals surface area contributed by atoms with Crippen LogP contribution in [-0.2, 0) is 35.1 Å². The molecule has 0 unspecified atom stereocenters. The first-order valence-electron chi connectivity index (χ1n) is 21.5. The van der Waals surface area contributed by atoms with Crippen LogP contribution in [0.25, 0.3) is 0 Å². The monoisotopic (exact) mass is 807 g/mol. The number of amides is 2. The predicted molar refractivity (Wildman–Crippen MR) is 226 cm³/mol. The Morgan fingerprint density at radius 2 is 1.70 bits per heavy atom. The number of nitrogens with zero attached hydrogens (tertiary/aromatic N) is 4. The van der Waals surface area contributed by atoms with Crippen LogP contribution in [0.1, 0.15) is 114 Å². The molecular weight excluding hydrogens is 737 g/mol. The fourth-order valence-electron chi connectivity index (χ4n) is 10.4. The highest BCUT2D eigenvalue weighted by Gasteiger charge is 2.48. The smallest absolute Gasteiger partial charge is 0.226 e. The van der Waals surface area contributed by atoms with E-state index < -0.39 is 24.0 Å². The fraction of sp³-hybridized carbons (Fsp3) is 0.717. The number of ketones is 2. The van der Waals surface area contributed by atoms with Crippen LogP contribution in [0.4, 0.5) is 0 Å². The number of rotatable bonds is 21. The number of hydrogen-bond acceptors (Lipinski definition) is 9. The number of likely N-dealkylation sites (N-methyl/N-ethyl adjacent to an activating group) is 2. The maximum absolute atomic E-state index is 14.4. The molecule has 2 bridgehead atoms. The van der Waals surface area contributed by atoms with Gasteiger partial charge in [0, 0.05) is 76.0 Å². The Hall–Kier alpha value is -2.99. The van der Waals surface area contributed by atoms with Crippen molar-refractivity contribution in [2.45, 2.75) is 148 Å². The van der Waals surface area contributed by atoms with E-state index in [4.69, 9.17) is 9.47 Å². The molecule has 0 radical (unpaired) electrons. The molecule has 0 N–H and O–H groups in total. The Balaban J connectivity index is 1.27. The molecule has 1 aliphatic carbocycles. The van der Waals surface area contributed by atoms with Gasteiger partial charge in [0.2, 0.25) is 11.8 Å². The van der Waals surface area contributed by atoms with Gasteiger partial charge in [-0.25, -0.2) is 4.98 Å². The van der Waals surface area contributed by atoms with Crippen LogP contribution in [0.2, 0.25) is 0 Å². The number of ether oxygens (including phenoxy) is 2. The van der Waals surface area contributed by atoms with Crippen molar-refractivity contribution < 1.29 is 28.7 Å². The number of Topliss-reactive ketones (excluding diaryl/α,β-unsaturated/α-hetero) is 2. The van der Waals surface area contributed by atoms with Gasteiger partial charge in [0.15, 0.2) is 5.78 Å². The molecule has 5 rings (SSSR count). The largest absolute Gasteiger partial charge is 0.379 e. The lowest BCUT2D eigenvalue weighted by Gasteiger charge is -2.41. The van der Waals surface area contributed by atoms with Gasteiger partial charge in [-0.05, 0) is 75.8 Å². The summed E-state index contributed by atoms with van der Waals surface area (Å²) < 4.78 is 12.2. The molecule has 2 saturated heterocycles. The lowest BCUT2D eigenvalue weighted by Crippen LogP contribution is -2.54. The van der Waals surface area contributed by atoms with Crippen LogP contribution < -0.4 is 0 Å². The van der Waals surface area contributed by atoms with Gasteiger partial charge in [0.05, 0.1) is 41.8 Å². The van der Waals surface area contributed by atoms with Crippen LogP contribution in [-0.4, -0.2) is 114 Å². The fourth-order valence-corrected chi connectivity index (χ4v) is 11.1. The maximum Gasteiger partial charge on any atom is 0.226 e. The first-order chi connectivity index (χ1) is 27.2. The molecule has 10 nitrogen and oxygen atoms in total. The van der Waals surface area contributed by atoms with Crippen molar-refractivity contribution in [3.63, 3.8) is 0 Å². The number of methoxy groups -OCH3 is 2. The second kappa shape index (κ2) is 20.3. The normalized spacial score (nSPS) is 24.6. The molecule has 1 aromatic carbocycles. The van der Waals surface area contributed by atoms with Crippen molar-refractivity contribution in [1.29, 1.82) is 0 Å². The lowest BCUT2D eigenvalue weighted by atomic mass is 9.83. The van der Waals surface area contributed by atoms with Gasteiger partial charge in [-0.1, -0.05) is 70.9 Å². The highest BCUT2D eigenvalue weighted by molar-refractivity contribution is 7.09. The molecule has 11 heteroatoms. The van der Waals surface area contributed by atoms with E-state index in [2.05, 4.69) is 62.0 Å². The number of carbonyl (C=O) groups is 4. The molecule has 1 aromatic heterocycles. The van der Waals surface area contributed by atoms with Gasteiger partial charge < -0.3 is 19.3 Å². The van der Waals surface area contributed by atoms with E-state index in [-0.39, 0.29) is 72.1 Å². The molecular formula is C46H70N4O6S. The number of hydrogen-bond donors (Lipinski definition) is 0. The average molecular weight is 807 g/mol. The molecule has 11 atom stereocenters. The van der Waals surface area contributed by atoms with Gasteiger partial charge in [-0.15, -0.1) is 11.3 Å². The van der Waals surface area contributed by atoms with E-state index in [0.717, 1.165) is 50.0 Å². The topological polar surface area (TPSA) is 109 Å². The third-order valence-corrected chi connectivity index (χ3v) is 14.9. The summed E-state index contributed by atoms with van der Waals surface area (Å²) in [6.07, 6.45) is 7.84. The van der Waals surface area contributed by atoms with Gasteiger partial charge in [-0.3, -0.25) is 24.1 Å². The quantitative estimate of drug-likeness (QED) is 0.129. The molecule has 3 fully saturated rings. The predicted octanol–water partition coefficient (Wildman–Crippen LogP) is 7.37. The summed E-state index contributed by atoms with van der Waals surface area (Å²) in [5.41, 5.74) is 2.37. The van der Waals surface area contributed by atoms with Gasteiger partial charge >= 0.3 is 0 Å². The van der Waals surface area contributed by atoms with E-state index in [9.17, 15) is 19.2 Å². The van der Waals surface area contributed by atoms with Crippen molar-refractivity contribution >= 4 is 34.7 Å². The Morgan fingerprint density at radius 1 is 0.982 bits per heavy atom. The summed E-state index contributed by atoms with van der Waals surface area (Å²) in [5.74, 6) is -0.362. The summed E-state index contributed by atoms with van der Waals surface area (Å²) >= 11 is 1.58. The molecule has 2 amide bonds. The van der Waals surface area contributed by atoms with Gasteiger partial charge in [-0.2, -0.15) is 0 Å². The Bertz CT molecular complexity index is 1630. The summed E-state index contributed by atoms with van der Waals surface area (Å²) in [4.78, 5) is 67.2. The van der Waals surface area contributed by atoms with Crippen LogP contribution >= 0.6 is 11.3 Å². The van der Waals surface area contributed by atoms with Gasteiger partial charge in [0.1, 0.15) is 5.78 Å². The van der Waals surface area contributed by atoms with Crippen LogP contribution in [0, 0.1) is 36.5 Å². The molecule has 0 spiro atoms. The number of aryl methyl sites for hydroxylation is 1. The second-order valence-corrected chi connectivity index (χ2v) is 18.8. The highest BCUT2D eigenvalue weighted by atomic mass is 32.1. The third-order valence-electron chi connectivity index (χ3n) is 14.0. The number of fused-ring (bicyclic) bond motifs is 2. The molecule has 316 valence electrons. The number of carbonyl (C=O) groups excluding carboxylic acids is 4. The molecule has 3 heterocycles. The van der Waals surface area contributed by atoms with Gasteiger partial charge in [0.25, 0.3) is 0 Å². The van der Waals surface area contributed by atoms with Crippen molar-refractivity contribution in [3.05, 3.63) is 52.0 Å². The number of aromatic nitrogens is 1. The average Bonchev–Trinajstić information content (AvgIpc) is 4.03.